The van der Waals surface area contributed by atoms with E-state index < -0.39 is 36.1 Å². The van der Waals surface area contributed by atoms with E-state index >= 15 is 0 Å². The van der Waals surface area contributed by atoms with Gasteiger partial charge in [0.25, 0.3) is 5.41 Å². The fourth-order valence-corrected chi connectivity index (χ4v) is 1.36. The highest BCUT2D eigenvalue weighted by molar-refractivity contribution is 5.55. The second kappa shape index (κ2) is 4.05. The van der Waals surface area contributed by atoms with Crippen LogP contribution < -0.4 is 0 Å². The zero-order chi connectivity index (χ0) is 14.3. The van der Waals surface area contributed by atoms with Gasteiger partial charge in [0.2, 0.25) is 0 Å². The van der Waals surface area contributed by atoms with Crippen molar-refractivity contribution in [2.75, 3.05) is 0 Å². The SMILES string of the molecule is CC(C=O)C(C(F)(F)F)(C(F)(F)F)C(F)(F)F. The van der Waals surface area contributed by atoms with Crippen LogP contribution in [-0.2, 0) is 4.79 Å². The molecule has 0 aliphatic rings. The maximum atomic E-state index is 12.2. The van der Waals surface area contributed by atoms with Gasteiger partial charge in [0.05, 0.1) is 0 Å². The summed E-state index contributed by atoms with van der Waals surface area (Å²) in [7, 11) is 0. The molecule has 0 heterocycles. The Morgan fingerprint density at radius 2 is 1.00 bits per heavy atom. The van der Waals surface area contributed by atoms with Crippen molar-refractivity contribution < 1.29 is 44.3 Å². The standard InChI is InChI=1S/C7H5F9O/c1-3(2-17)4(5(8,9)10,6(11,12)13)7(14,15)16/h2-3H,1H3. The molecule has 0 amide bonds. The van der Waals surface area contributed by atoms with E-state index in [0.29, 0.717) is 0 Å². The molecule has 0 aliphatic heterocycles. The molecule has 0 fully saturated rings. The molecule has 17 heavy (non-hydrogen) atoms. The van der Waals surface area contributed by atoms with Crippen molar-refractivity contribution in [1.82, 2.24) is 0 Å². The number of halogens is 9. The topological polar surface area (TPSA) is 17.1 Å². The molecule has 0 aromatic carbocycles. The normalized spacial score (nSPS) is 16.8. The molecule has 1 nitrogen and oxygen atoms in total. The minimum Gasteiger partial charge on any atom is -0.303 e. The second-order valence-electron chi connectivity index (χ2n) is 3.23. The summed E-state index contributed by atoms with van der Waals surface area (Å²) in [6, 6.07) is 0. The van der Waals surface area contributed by atoms with Crippen LogP contribution in [-0.4, -0.2) is 24.8 Å². The van der Waals surface area contributed by atoms with Crippen LogP contribution in [0.1, 0.15) is 6.92 Å². The molecule has 0 aromatic heterocycles. The van der Waals surface area contributed by atoms with Crippen LogP contribution in [0.25, 0.3) is 0 Å². The van der Waals surface area contributed by atoms with Crippen LogP contribution in [0.15, 0.2) is 0 Å². The van der Waals surface area contributed by atoms with Gasteiger partial charge in [-0.05, 0) is 0 Å². The van der Waals surface area contributed by atoms with E-state index in [-0.39, 0.29) is 6.92 Å². The minimum absolute atomic E-state index is 0.0819. The van der Waals surface area contributed by atoms with E-state index in [1.165, 1.54) is 0 Å². The number of carbonyl (C=O) groups is 1. The Labute approximate surface area is 88.6 Å². The molecule has 0 saturated carbocycles. The summed E-state index contributed by atoms with van der Waals surface area (Å²) in [6.45, 7) is -0.0819. The van der Waals surface area contributed by atoms with Gasteiger partial charge in [-0.15, -0.1) is 0 Å². The molecule has 0 bridgehead atoms. The lowest BCUT2D eigenvalue weighted by Crippen LogP contribution is -2.63. The monoisotopic (exact) mass is 276 g/mol. The van der Waals surface area contributed by atoms with E-state index in [2.05, 4.69) is 0 Å². The van der Waals surface area contributed by atoms with E-state index in [0.717, 1.165) is 0 Å². The predicted octanol–water partition coefficient (Wildman–Crippen LogP) is 3.49. The molecule has 0 spiro atoms. The van der Waals surface area contributed by atoms with Crippen molar-refractivity contribution in [3.8, 4) is 0 Å². The van der Waals surface area contributed by atoms with Crippen LogP contribution in [0.2, 0.25) is 0 Å². The van der Waals surface area contributed by atoms with Gasteiger partial charge < -0.3 is 4.79 Å². The average molecular weight is 276 g/mol. The highest BCUT2D eigenvalue weighted by Gasteiger charge is 2.85. The van der Waals surface area contributed by atoms with Crippen molar-refractivity contribution in [3.63, 3.8) is 0 Å². The van der Waals surface area contributed by atoms with Gasteiger partial charge in [-0.1, -0.05) is 6.92 Å². The maximum absolute atomic E-state index is 12.2. The summed E-state index contributed by atoms with van der Waals surface area (Å²) >= 11 is 0. The molecule has 0 radical (unpaired) electrons. The Bertz CT molecular complexity index is 247. The molecule has 0 N–H and O–H groups in total. The Hall–Kier alpha value is -0.960. The molecule has 0 aliphatic carbocycles. The van der Waals surface area contributed by atoms with Crippen LogP contribution in [0.4, 0.5) is 39.5 Å². The zero-order valence-corrected chi connectivity index (χ0v) is 7.96. The van der Waals surface area contributed by atoms with Crippen molar-refractivity contribution in [2.45, 2.75) is 25.5 Å². The Kier molecular flexibility index (Phi) is 3.83. The summed E-state index contributed by atoms with van der Waals surface area (Å²) in [4.78, 5) is 9.99. The molecule has 102 valence electrons. The van der Waals surface area contributed by atoms with Crippen LogP contribution in [0, 0.1) is 11.3 Å². The average Bonchev–Trinajstić information content (AvgIpc) is 1.95. The summed E-state index contributed by atoms with van der Waals surface area (Å²) < 4.78 is 110. The highest BCUT2D eigenvalue weighted by Crippen LogP contribution is 2.62. The smallest absolute Gasteiger partial charge is 0.303 e. The first kappa shape index (κ1) is 16.0. The fraction of sp³-hybridized carbons (Fsp3) is 0.857. The van der Waals surface area contributed by atoms with Crippen LogP contribution >= 0.6 is 0 Å². The molecular formula is C7H5F9O. The van der Waals surface area contributed by atoms with Gasteiger partial charge >= 0.3 is 18.5 Å². The minimum atomic E-state index is -6.68. The van der Waals surface area contributed by atoms with Crippen molar-refractivity contribution in [3.05, 3.63) is 0 Å². The maximum Gasteiger partial charge on any atom is 0.412 e. The Morgan fingerprint density at radius 1 is 0.765 bits per heavy atom. The van der Waals surface area contributed by atoms with E-state index in [1.54, 1.807) is 0 Å². The number of hydrogen-bond donors (Lipinski definition) is 0. The predicted molar refractivity (Wildman–Crippen MR) is 35.8 cm³/mol. The summed E-state index contributed by atoms with van der Waals surface area (Å²) in [5, 5.41) is 0. The third kappa shape index (κ3) is 2.21. The first-order chi connectivity index (χ1) is 7.23. The second-order valence-corrected chi connectivity index (χ2v) is 3.23. The lowest BCUT2D eigenvalue weighted by molar-refractivity contribution is -0.436. The Morgan fingerprint density at radius 3 is 1.06 bits per heavy atom. The highest BCUT2D eigenvalue weighted by atomic mass is 19.4. The molecule has 1 unspecified atom stereocenters. The van der Waals surface area contributed by atoms with Gasteiger partial charge in [-0.25, -0.2) is 0 Å². The zero-order valence-electron chi connectivity index (χ0n) is 7.96. The molecule has 0 rings (SSSR count). The molecule has 1 atom stereocenters. The first-order valence-corrected chi connectivity index (χ1v) is 3.89. The number of aldehydes is 1. The third-order valence-corrected chi connectivity index (χ3v) is 2.23. The number of rotatable bonds is 2. The largest absolute Gasteiger partial charge is 0.412 e. The fourth-order valence-electron chi connectivity index (χ4n) is 1.36. The quantitative estimate of drug-likeness (QED) is 0.557. The molecule has 10 heteroatoms. The number of carbonyl (C=O) groups excluding carboxylic acids is 1. The number of alkyl halides is 9. The van der Waals surface area contributed by atoms with E-state index in [9.17, 15) is 44.3 Å². The van der Waals surface area contributed by atoms with E-state index in [1.807, 2.05) is 0 Å². The van der Waals surface area contributed by atoms with Crippen LogP contribution in [0.5, 0.6) is 0 Å². The molecular weight excluding hydrogens is 271 g/mol. The van der Waals surface area contributed by atoms with Gasteiger partial charge in [-0.3, -0.25) is 0 Å². The molecule has 0 aromatic rings. The van der Waals surface area contributed by atoms with Gasteiger partial charge in [0.1, 0.15) is 6.29 Å². The lowest BCUT2D eigenvalue weighted by atomic mass is 9.74. The summed E-state index contributed by atoms with van der Waals surface area (Å²) in [5.41, 5.74) is -6.05. The third-order valence-electron chi connectivity index (χ3n) is 2.23. The van der Waals surface area contributed by atoms with Crippen molar-refractivity contribution in [1.29, 1.82) is 0 Å². The Balaban J connectivity index is 6.23. The van der Waals surface area contributed by atoms with E-state index in [4.69, 9.17) is 0 Å². The van der Waals surface area contributed by atoms with Crippen molar-refractivity contribution >= 4 is 6.29 Å². The molecule has 0 saturated heterocycles. The van der Waals surface area contributed by atoms with Gasteiger partial charge in [0, 0.05) is 5.92 Å². The van der Waals surface area contributed by atoms with Gasteiger partial charge in [-0.2, -0.15) is 39.5 Å². The van der Waals surface area contributed by atoms with Gasteiger partial charge in [0.15, 0.2) is 0 Å². The first-order valence-electron chi connectivity index (χ1n) is 3.89. The summed E-state index contributed by atoms with van der Waals surface area (Å²) in [6.07, 6.45) is -21.0. The lowest BCUT2D eigenvalue weighted by Gasteiger charge is -2.40. The summed E-state index contributed by atoms with van der Waals surface area (Å²) in [5.74, 6) is -3.33. The van der Waals surface area contributed by atoms with Crippen LogP contribution in [0.3, 0.4) is 0 Å². The van der Waals surface area contributed by atoms with Crippen molar-refractivity contribution in [2.24, 2.45) is 11.3 Å². The number of hydrogen-bond acceptors (Lipinski definition) is 1.